The lowest BCUT2D eigenvalue weighted by Crippen LogP contribution is -2.42. The molecular weight excluding hydrogens is 224 g/mol. The maximum atomic E-state index is 11.6. The molecule has 1 amide bonds. The van der Waals surface area contributed by atoms with Gasteiger partial charge < -0.3 is 20.5 Å². The fourth-order valence-electron chi connectivity index (χ4n) is 1.91. The topological polar surface area (TPSA) is 87.7 Å². The fraction of sp³-hybridized carbons (Fsp3) is 0.818. The molecule has 0 aromatic heterocycles. The lowest BCUT2D eigenvalue weighted by molar-refractivity contribution is -0.143. The number of aliphatic carboxylic acids is 1. The number of amides is 1. The summed E-state index contributed by atoms with van der Waals surface area (Å²) < 4.78 is 5.40. The van der Waals surface area contributed by atoms with E-state index in [1.54, 1.807) is 0 Å². The SMILES string of the molecule is O=C(CC1CNCCO1)NCC1(C(=O)O)CC1. The van der Waals surface area contributed by atoms with Crippen LogP contribution in [0.4, 0.5) is 0 Å². The van der Waals surface area contributed by atoms with Crippen LogP contribution in [0.15, 0.2) is 0 Å². The second kappa shape index (κ2) is 5.01. The fourth-order valence-corrected chi connectivity index (χ4v) is 1.91. The number of carbonyl (C=O) groups is 2. The van der Waals surface area contributed by atoms with Crippen LogP contribution in [-0.4, -0.2) is 49.3 Å². The summed E-state index contributed by atoms with van der Waals surface area (Å²) in [5, 5.41) is 14.8. The van der Waals surface area contributed by atoms with Gasteiger partial charge >= 0.3 is 5.97 Å². The second-order valence-electron chi connectivity index (χ2n) is 4.76. The number of morpholine rings is 1. The average Bonchev–Trinajstić information content (AvgIpc) is 3.09. The molecule has 1 saturated heterocycles. The van der Waals surface area contributed by atoms with Gasteiger partial charge in [0.05, 0.1) is 24.5 Å². The number of rotatable bonds is 5. The van der Waals surface area contributed by atoms with Gasteiger partial charge in [-0.25, -0.2) is 0 Å². The standard InChI is InChI=1S/C11H18N2O4/c14-9(5-8-6-12-3-4-17-8)13-7-11(1-2-11)10(15)16/h8,12H,1-7H2,(H,13,14)(H,15,16). The third-order valence-electron chi connectivity index (χ3n) is 3.35. The van der Waals surface area contributed by atoms with Crippen molar-refractivity contribution in [1.82, 2.24) is 10.6 Å². The van der Waals surface area contributed by atoms with Crippen molar-refractivity contribution in [2.24, 2.45) is 5.41 Å². The maximum absolute atomic E-state index is 11.6. The maximum Gasteiger partial charge on any atom is 0.311 e. The van der Waals surface area contributed by atoms with Crippen LogP contribution in [0.1, 0.15) is 19.3 Å². The van der Waals surface area contributed by atoms with Crippen LogP contribution in [-0.2, 0) is 14.3 Å². The van der Waals surface area contributed by atoms with Crippen molar-refractivity contribution in [2.45, 2.75) is 25.4 Å². The van der Waals surface area contributed by atoms with Crippen molar-refractivity contribution in [3.63, 3.8) is 0 Å². The number of ether oxygens (including phenoxy) is 1. The van der Waals surface area contributed by atoms with E-state index in [9.17, 15) is 9.59 Å². The van der Waals surface area contributed by atoms with E-state index in [0.717, 1.165) is 6.54 Å². The average molecular weight is 242 g/mol. The molecule has 17 heavy (non-hydrogen) atoms. The first-order valence-corrected chi connectivity index (χ1v) is 5.95. The Kier molecular flexibility index (Phi) is 3.63. The lowest BCUT2D eigenvalue weighted by atomic mass is 10.1. The molecule has 0 aromatic rings. The van der Waals surface area contributed by atoms with Crippen molar-refractivity contribution < 1.29 is 19.4 Å². The molecule has 2 aliphatic rings. The minimum absolute atomic E-state index is 0.0938. The van der Waals surface area contributed by atoms with Gasteiger partial charge in [0, 0.05) is 19.6 Å². The van der Waals surface area contributed by atoms with Crippen LogP contribution in [0.25, 0.3) is 0 Å². The smallest absolute Gasteiger partial charge is 0.311 e. The molecule has 2 rings (SSSR count). The first-order chi connectivity index (χ1) is 8.12. The van der Waals surface area contributed by atoms with Gasteiger partial charge in [0.25, 0.3) is 0 Å². The monoisotopic (exact) mass is 242 g/mol. The van der Waals surface area contributed by atoms with Crippen molar-refractivity contribution >= 4 is 11.9 Å². The second-order valence-corrected chi connectivity index (χ2v) is 4.76. The van der Waals surface area contributed by atoms with Crippen LogP contribution in [0, 0.1) is 5.41 Å². The molecule has 1 heterocycles. The molecule has 1 atom stereocenters. The zero-order chi connectivity index (χ0) is 12.3. The quantitative estimate of drug-likeness (QED) is 0.596. The minimum atomic E-state index is -0.812. The molecule has 1 aliphatic carbocycles. The first-order valence-electron chi connectivity index (χ1n) is 5.95. The largest absolute Gasteiger partial charge is 0.481 e. The van der Waals surface area contributed by atoms with Crippen LogP contribution in [0.5, 0.6) is 0 Å². The Morgan fingerprint density at radius 3 is 2.76 bits per heavy atom. The van der Waals surface area contributed by atoms with E-state index in [0.29, 0.717) is 32.4 Å². The molecule has 1 saturated carbocycles. The summed E-state index contributed by atoms with van der Waals surface area (Å²) >= 11 is 0. The van der Waals surface area contributed by atoms with Gasteiger partial charge in [-0.1, -0.05) is 0 Å². The number of hydrogen-bond acceptors (Lipinski definition) is 4. The summed E-state index contributed by atoms with van der Waals surface area (Å²) in [6.45, 7) is 2.36. The number of carbonyl (C=O) groups excluding carboxylic acids is 1. The van der Waals surface area contributed by atoms with Gasteiger partial charge in [-0.05, 0) is 12.8 Å². The molecule has 0 aromatic carbocycles. The molecule has 6 heteroatoms. The Bertz CT molecular complexity index is 309. The van der Waals surface area contributed by atoms with Crippen molar-refractivity contribution in [1.29, 1.82) is 0 Å². The Labute approximate surface area is 99.7 Å². The Morgan fingerprint density at radius 2 is 2.24 bits per heavy atom. The van der Waals surface area contributed by atoms with Gasteiger partial charge in [0.1, 0.15) is 0 Å². The number of nitrogens with one attached hydrogen (secondary N) is 2. The van der Waals surface area contributed by atoms with E-state index in [1.165, 1.54) is 0 Å². The van der Waals surface area contributed by atoms with E-state index in [4.69, 9.17) is 9.84 Å². The van der Waals surface area contributed by atoms with Crippen LogP contribution < -0.4 is 10.6 Å². The van der Waals surface area contributed by atoms with Gasteiger partial charge in [-0.15, -0.1) is 0 Å². The molecule has 1 aliphatic heterocycles. The van der Waals surface area contributed by atoms with E-state index in [-0.39, 0.29) is 18.6 Å². The molecular formula is C11H18N2O4. The predicted molar refractivity (Wildman–Crippen MR) is 59.5 cm³/mol. The molecule has 0 bridgehead atoms. The molecule has 2 fully saturated rings. The summed E-state index contributed by atoms with van der Waals surface area (Å²) in [6, 6.07) is 0. The summed E-state index contributed by atoms with van der Waals surface area (Å²) in [6.07, 6.45) is 1.51. The predicted octanol–water partition coefficient (Wildman–Crippen LogP) is -0.654. The molecule has 96 valence electrons. The number of hydrogen-bond donors (Lipinski definition) is 3. The first kappa shape index (κ1) is 12.3. The zero-order valence-electron chi connectivity index (χ0n) is 9.70. The van der Waals surface area contributed by atoms with E-state index in [1.807, 2.05) is 0 Å². The summed E-state index contributed by atoms with van der Waals surface area (Å²) in [5.74, 6) is -0.945. The van der Waals surface area contributed by atoms with Gasteiger partial charge in [-0.3, -0.25) is 9.59 Å². The summed E-state index contributed by atoms with van der Waals surface area (Å²) in [7, 11) is 0. The molecule has 0 radical (unpaired) electrons. The van der Waals surface area contributed by atoms with Gasteiger partial charge in [0.2, 0.25) is 5.91 Å². The molecule has 0 spiro atoms. The number of carboxylic acids is 1. The Balaban J connectivity index is 1.69. The van der Waals surface area contributed by atoms with Gasteiger partial charge in [-0.2, -0.15) is 0 Å². The van der Waals surface area contributed by atoms with Crippen molar-refractivity contribution in [3.05, 3.63) is 0 Å². The van der Waals surface area contributed by atoms with Crippen LogP contribution in [0.2, 0.25) is 0 Å². The summed E-state index contributed by atoms with van der Waals surface area (Å²) in [5.41, 5.74) is -0.693. The molecule has 1 unspecified atom stereocenters. The zero-order valence-corrected chi connectivity index (χ0v) is 9.70. The Morgan fingerprint density at radius 1 is 1.47 bits per heavy atom. The van der Waals surface area contributed by atoms with E-state index in [2.05, 4.69) is 10.6 Å². The highest BCUT2D eigenvalue weighted by molar-refractivity contribution is 5.81. The van der Waals surface area contributed by atoms with Crippen LogP contribution in [0.3, 0.4) is 0 Å². The minimum Gasteiger partial charge on any atom is -0.481 e. The third kappa shape index (κ3) is 3.17. The normalized spacial score (nSPS) is 26.2. The number of carboxylic acid groups (broad SMARTS) is 1. The highest BCUT2D eigenvalue weighted by Crippen LogP contribution is 2.45. The van der Waals surface area contributed by atoms with E-state index < -0.39 is 11.4 Å². The summed E-state index contributed by atoms with van der Waals surface area (Å²) in [4.78, 5) is 22.5. The third-order valence-corrected chi connectivity index (χ3v) is 3.35. The molecule has 3 N–H and O–H groups in total. The van der Waals surface area contributed by atoms with Crippen molar-refractivity contribution in [2.75, 3.05) is 26.2 Å². The molecule has 6 nitrogen and oxygen atoms in total. The lowest BCUT2D eigenvalue weighted by Gasteiger charge is -2.23. The van der Waals surface area contributed by atoms with Crippen LogP contribution >= 0.6 is 0 Å². The van der Waals surface area contributed by atoms with E-state index >= 15 is 0 Å². The highest BCUT2D eigenvalue weighted by Gasteiger charge is 2.50. The highest BCUT2D eigenvalue weighted by atomic mass is 16.5. The van der Waals surface area contributed by atoms with Gasteiger partial charge in [0.15, 0.2) is 0 Å². The van der Waals surface area contributed by atoms with Crippen molar-refractivity contribution in [3.8, 4) is 0 Å². The Hall–Kier alpha value is -1.14.